The van der Waals surface area contributed by atoms with Crippen molar-refractivity contribution in [2.75, 3.05) is 37.6 Å². The van der Waals surface area contributed by atoms with Crippen molar-refractivity contribution in [2.24, 2.45) is 5.92 Å². The molecule has 0 spiro atoms. The summed E-state index contributed by atoms with van der Waals surface area (Å²) in [5, 5.41) is 3.19. The Labute approximate surface area is 146 Å². The Hall–Kier alpha value is -1.55. The molecule has 1 saturated carbocycles. The number of carbonyl (C=O) groups is 1. The summed E-state index contributed by atoms with van der Waals surface area (Å²) in [6.07, 6.45) is 4.43. The van der Waals surface area contributed by atoms with Crippen molar-refractivity contribution in [2.45, 2.75) is 45.6 Å². The Morgan fingerprint density at radius 1 is 1.25 bits per heavy atom. The van der Waals surface area contributed by atoms with Gasteiger partial charge >= 0.3 is 0 Å². The summed E-state index contributed by atoms with van der Waals surface area (Å²) >= 11 is 0. The molecule has 1 amide bonds. The predicted octanol–water partition coefficient (Wildman–Crippen LogP) is 2.81. The fourth-order valence-electron chi connectivity index (χ4n) is 3.53. The summed E-state index contributed by atoms with van der Waals surface area (Å²) in [6.45, 7) is 9.76. The number of hydrogen-bond acceptors (Lipinski definition) is 3. The highest BCUT2D eigenvalue weighted by Gasteiger charge is 2.26. The zero-order chi connectivity index (χ0) is 16.9. The van der Waals surface area contributed by atoms with Gasteiger partial charge in [-0.1, -0.05) is 18.6 Å². The molecule has 1 aromatic rings. The standard InChI is InChI=1S/C20H31N3O/c1-16-5-3-8-19(15-16)23-13-11-22(12-14-23)10-9-17(2)21-20(24)18-6-4-7-18/h3,5,8,15,17-18H,4,6-7,9-14H2,1-2H3,(H,21,24). The number of benzene rings is 1. The maximum atomic E-state index is 12.0. The molecule has 2 aliphatic rings. The van der Waals surface area contributed by atoms with Crippen molar-refractivity contribution in [3.05, 3.63) is 29.8 Å². The second-order valence-electron chi connectivity index (χ2n) is 7.49. The molecular weight excluding hydrogens is 298 g/mol. The van der Waals surface area contributed by atoms with Crippen LogP contribution < -0.4 is 10.2 Å². The number of rotatable bonds is 6. The molecule has 1 atom stereocenters. The van der Waals surface area contributed by atoms with Crippen LogP contribution in [0.25, 0.3) is 0 Å². The SMILES string of the molecule is Cc1cccc(N2CCN(CCC(C)NC(=O)C3CCC3)CC2)c1. The van der Waals surface area contributed by atoms with Gasteiger partial charge in [0.25, 0.3) is 0 Å². The molecule has 132 valence electrons. The third kappa shape index (κ3) is 4.50. The molecular formula is C20H31N3O. The number of aryl methyl sites for hydroxylation is 1. The molecule has 1 heterocycles. The van der Waals surface area contributed by atoms with E-state index in [1.54, 1.807) is 0 Å². The third-order valence-corrected chi connectivity index (χ3v) is 5.48. The van der Waals surface area contributed by atoms with Gasteiger partial charge in [0, 0.05) is 50.4 Å². The Balaban J connectivity index is 1.37. The van der Waals surface area contributed by atoms with Gasteiger partial charge in [0.1, 0.15) is 0 Å². The molecule has 3 rings (SSSR count). The zero-order valence-corrected chi connectivity index (χ0v) is 15.1. The fraction of sp³-hybridized carbons (Fsp3) is 0.650. The third-order valence-electron chi connectivity index (χ3n) is 5.48. The van der Waals surface area contributed by atoms with Crippen molar-refractivity contribution in [1.29, 1.82) is 0 Å². The maximum absolute atomic E-state index is 12.0. The largest absolute Gasteiger partial charge is 0.369 e. The number of piperazine rings is 1. The molecule has 1 aliphatic heterocycles. The molecule has 4 nitrogen and oxygen atoms in total. The Morgan fingerprint density at radius 2 is 2.00 bits per heavy atom. The van der Waals surface area contributed by atoms with E-state index in [0.29, 0.717) is 5.92 Å². The first kappa shape index (κ1) is 17.3. The normalized spacial score (nSPS) is 20.5. The van der Waals surface area contributed by atoms with E-state index in [-0.39, 0.29) is 11.9 Å². The van der Waals surface area contributed by atoms with Crippen LogP contribution in [-0.2, 0) is 4.79 Å². The van der Waals surface area contributed by atoms with Gasteiger partial charge in [-0.15, -0.1) is 0 Å². The van der Waals surface area contributed by atoms with E-state index >= 15 is 0 Å². The average Bonchev–Trinajstić information content (AvgIpc) is 2.51. The van der Waals surface area contributed by atoms with Crippen LogP contribution in [0.15, 0.2) is 24.3 Å². The lowest BCUT2D eigenvalue weighted by Gasteiger charge is -2.36. The van der Waals surface area contributed by atoms with Crippen molar-refractivity contribution >= 4 is 11.6 Å². The van der Waals surface area contributed by atoms with Gasteiger partial charge in [-0.05, 0) is 50.8 Å². The summed E-state index contributed by atoms with van der Waals surface area (Å²) in [5.41, 5.74) is 2.67. The highest BCUT2D eigenvalue weighted by atomic mass is 16.2. The Morgan fingerprint density at radius 3 is 2.62 bits per heavy atom. The van der Waals surface area contributed by atoms with Crippen molar-refractivity contribution in [3.8, 4) is 0 Å². The minimum absolute atomic E-state index is 0.276. The summed E-state index contributed by atoms with van der Waals surface area (Å²) in [5.74, 6) is 0.573. The first-order chi connectivity index (χ1) is 11.6. The molecule has 1 unspecified atom stereocenters. The second kappa shape index (κ2) is 8.02. The van der Waals surface area contributed by atoms with Crippen molar-refractivity contribution in [1.82, 2.24) is 10.2 Å². The minimum atomic E-state index is 0.276. The molecule has 1 N–H and O–H groups in total. The average molecular weight is 329 g/mol. The van der Waals surface area contributed by atoms with Crippen LogP contribution in [0, 0.1) is 12.8 Å². The first-order valence-corrected chi connectivity index (χ1v) is 9.46. The van der Waals surface area contributed by atoms with Gasteiger partial charge in [0.2, 0.25) is 5.91 Å². The molecule has 2 fully saturated rings. The lowest BCUT2D eigenvalue weighted by Crippen LogP contribution is -2.48. The molecule has 0 bridgehead atoms. The monoisotopic (exact) mass is 329 g/mol. The molecule has 4 heteroatoms. The van der Waals surface area contributed by atoms with Gasteiger partial charge in [-0.2, -0.15) is 0 Å². The molecule has 0 aromatic heterocycles. The van der Waals surface area contributed by atoms with E-state index in [9.17, 15) is 4.79 Å². The lowest BCUT2D eigenvalue weighted by atomic mass is 9.84. The Kier molecular flexibility index (Phi) is 5.77. The second-order valence-corrected chi connectivity index (χ2v) is 7.49. The molecule has 1 aliphatic carbocycles. The Bertz CT molecular complexity index is 548. The number of anilines is 1. The van der Waals surface area contributed by atoms with Crippen LogP contribution in [0.1, 0.15) is 38.2 Å². The van der Waals surface area contributed by atoms with Gasteiger partial charge < -0.3 is 10.2 Å². The number of carbonyl (C=O) groups excluding carboxylic acids is 1. The quantitative estimate of drug-likeness (QED) is 0.872. The van der Waals surface area contributed by atoms with Gasteiger partial charge in [0.15, 0.2) is 0 Å². The summed E-state index contributed by atoms with van der Waals surface area (Å²) in [6, 6.07) is 9.06. The highest BCUT2D eigenvalue weighted by Crippen LogP contribution is 2.26. The van der Waals surface area contributed by atoms with Gasteiger partial charge in [0.05, 0.1) is 0 Å². The van der Waals surface area contributed by atoms with Crippen LogP contribution in [0.4, 0.5) is 5.69 Å². The molecule has 1 aromatic carbocycles. The van der Waals surface area contributed by atoms with E-state index in [4.69, 9.17) is 0 Å². The van der Waals surface area contributed by atoms with Crippen LogP contribution in [0.2, 0.25) is 0 Å². The first-order valence-electron chi connectivity index (χ1n) is 9.46. The van der Waals surface area contributed by atoms with Crippen molar-refractivity contribution < 1.29 is 4.79 Å². The van der Waals surface area contributed by atoms with Gasteiger partial charge in [-0.25, -0.2) is 0 Å². The summed E-state index contributed by atoms with van der Waals surface area (Å²) in [4.78, 5) is 17.0. The van der Waals surface area contributed by atoms with Crippen LogP contribution in [0.3, 0.4) is 0 Å². The van der Waals surface area contributed by atoms with Crippen LogP contribution in [-0.4, -0.2) is 49.6 Å². The van der Waals surface area contributed by atoms with E-state index in [0.717, 1.165) is 52.0 Å². The summed E-state index contributed by atoms with van der Waals surface area (Å²) in [7, 11) is 0. The highest BCUT2D eigenvalue weighted by molar-refractivity contribution is 5.79. The number of nitrogens with one attached hydrogen (secondary N) is 1. The fourth-order valence-corrected chi connectivity index (χ4v) is 3.53. The lowest BCUT2D eigenvalue weighted by molar-refractivity contribution is -0.128. The number of amides is 1. The van der Waals surface area contributed by atoms with Crippen LogP contribution in [0.5, 0.6) is 0 Å². The topological polar surface area (TPSA) is 35.6 Å². The molecule has 1 saturated heterocycles. The maximum Gasteiger partial charge on any atom is 0.223 e. The van der Waals surface area contributed by atoms with Crippen molar-refractivity contribution in [3.63, 3.8) is 0 Å². The van der Waals surface area contributed by atoms with Gasteiger partial charge in [-0.3, -0.25) is 9.69 Å². The number of hydrogen-bond donors (Lipinski definition) is 1. The summed E-state index contributed by atoms with van der Waals surface area (Å²) < 4.78 is 0. The predicted molar refractivity (Wildman–Crippen MR) is 99.4 cm³/mol. The van der Waals surface area contributed by atoms with E-state index in [1.807, 2.05) is 0 Å². The van der Waals surface area contributed by atoms with E-state index in [2.05, 4.69) is 53.2 Å². The van der Waals surface area contributed by atoms with Crippen LogP contribution >= 0.6 is 0 Å². The minimum Gasteiger partial charge on any atom is -0.369 e. The van der Waals surface area contributed by atoms with E-state index < -0.39 is 0 Å². The smallest absolute Gasteiger partial charge is 0.223 e. The zero-order valence-electron chi connectivity index (χ0n) is 15.1. The molecule has 24 heavy (non-hydrogen) atoms. The van der Waals surface area contributed by atoms with E-state index in [1.165, 1.54) is 17.7 Å². The molecule has 0 radical (unpaired) electrons. The number of nitrogens with zero attached hydrogens (tertiary/aromatic N) is 2.